The van der Waals surface area contributed by atoms with E-state index in [1.54, 1.807) is 23.9 Å². The summed E-state index contributed by atoms with van der Waals surface area (Å²) < 4.78 is 5.13. The van der Waals surface area contributed by atoms with E-state index in [-0.39, 0.29) is 10.6 Å². The number of anilines is 1. The molecule has 0 radical (unpaired) electrons. The van der Waals surface area contributed by atoms with Crippen molar-refractivity contribution in [1.82, 2.24) is 9.36 Å². The Morgan fingerprint density at radius 2 is 2.24 bits per heavy atom. The second-order valence-corrected chi connectivity index (χ2v) is 6.22. The number of aryl methyl sites for hydroxylation is 1. The number of non-ortho nitro benzene ring substituents is 1. The Hall–Kier alpha value is -1.67. The minimum absolute atomic E-state index is 0.110. The Morgan fingerprint density at radius 1 is 1.43 bits per heavy atom. The summed E-state index contributed by atoms with van der Waals surface area (Å²) in [5, 5.41) is 14.1. The summed E-state index contributed by atoms with van der Waals surface area (Å²) in [6, 6.07) is 4.90. The zero-order valence-electron chi connectivity index (χ0n) is 11.8. The molecule has 21 heavy (non-hydrogen) atoms. The third-order valence-corrected chi connectivity index (χ3v) is 4.70. The average molecular weight is 324 g/mol. The Bertz CT molecular complexity index is 630. The smallest absolute Gasteiger partial charge is 0.269 e. The summed E-state index contributed by atoms with van der Waals surface area (Å²) >= 11 is 2.92. The first-order valence-electron chi connectivity index (χ1n) is 6.60. The van der Waals surface area contributed by atoms with Gasteiger partial charge in [0.2, 0.25) is 0 Å². The molecule has 1 aromatic heterocycles. The number of hydrogen-bond donors (Lipinski definition) is 1. The van der Waals surface area contributed by atoms with Crippen LogP contribution in [0.5, 0.6) is 0 Å². The number of benzene rings is 1. The second kappa shape index (κ2) is 7.37. The summed E-state index contributed by atoms with van der Waals surface area (Å²) in [5.41, 5.74) is 1.94. The summed E-state index contributed by atoms with van der Waals surface area (Å²) in [6.07, 6.45) is 0.816. The number of nitro groups is 1. The molecule has 1 aromatic carbocycles. The molecule has 1 N–H and O–H groups in total. The SMILES string of the molecule is CCNc1ccc([N+](=O)[O-])cc1CSc1nc(CC)ns1. The van der Waals surface area contributed by atoms with Crippen molar-refractivity contribution in [3.8, 4) is 0 Å². The highest BCUT2D eigenvalue weighted by Crippen LogP contribution is 2.30. The molecule has 0 fully saturated rings. The van der Waals surface area contributed by atoms with E-state index < -0.39 is 0 Å². The molecule has 0 spiro atoms. The van der Waals surface area contributed by atoms with Crippen molar-refractivity contribution in [3.63, 3.8) is 0 Å². The van der Waals surface area contributed by atoms with E-state index in [1.807, 2.05) is 13.8 Å². The van der Waals surface area contributed by atoms with Gasteiger partial charge in [0.25, 0.3) is 5.69 Å². The third kappa shape index (κ3) is 4.15. The minimum atomic E-state index is -0.371. The van der Waals surface area contributed by atoms with Crippen molar-refractivity contribution < 1.29 is 4.92 Å². The highest BCUT2D eigenvalue weighted by Gasteiger charge is 2.12. The van der Waals surface area contributed by atoms with E-state index in [0.29, 0.717) is 5.75 Å². The van der Waals surface area contributed by atoms with Gasteiger partial charge in [-0.3, -0.25) is 10.1 Å². The van der Waals surface area contributed by atoms with Crippen LogP contribution in [0.2, 0.25) is 0 Å². The summed E-state index contributed by atoms with van der Waals surface area (Å²) in [6.45, 7) is 4.78. The molecule has 2 rings (SSSR count). The molecule has 0 aliphatic heterocycles. The van der Waals surface area contributed by atoms with Crippen molar-refractivity contribution in [2.75, 3.05) is 11.9 Å². The van der Waals surface area contributed by atoms with Crippen LogP contribution in [0.15, 0.2) is 22.5 Å². The first-order chi connectivity index (χ1) is 10.1. The van der Waals surface area contributed by atoms with Gasteiger partial charge in [0, 0.05) is 36.5 Å². The average Bonchev–Trinajstić information content (AvgIpc) is 2.94. The molecular weight excluding hydrogens is 308 g/mol. The van der Waals surface area contributed by atoms with Crippen molar-refractivity contribution in [3.05, 3.63) is 39.7 Å². The number of aromatic nitrogens is 2. The fourth-order valence-electron chi connectivity index (χ4n) is 1.76. The van der Waals surface area contributed by atoms with Crippen LogP contribution in [0.3, 0.4) is 0 Å². The minimum Gasteiger partial charge on any atom is -0.385 e. The highest BCUT2D eigenvalue weighted by atomic mass is 32.2. The van der Waals surface area contributed by atoms with E-state index in [1.165, 1.54) is 17.6 Å². The van der Waals surface area contributed by atoms with Gasteiger partial charge in [0.1, 0.15) is 5.82 Å². The molecule has 8 heteroatoms. The van der Waals surface area contributed by atoms with Crippen LogP contribution in [0.25, 0.3) is 0 Å². The Balaban J connectivity index is 2.15. The number of nitrogens with one attached hydrogen (secondary N) is 1. The van der Waals surface area contributed by atoms with Crippen LogP contribution in [0.4, 0.5) is 11.4 Å². The van der Waals surface area contributed by atoms with Crippen LogP contribution in [-0.2, 0) is 12.2 Å². The van der Waals surface area contributed by atoms with Crippen LogP contribution in [-0.4, -0.2) is 20.8 Å². The molecule has 0 aliphatic carbocycles. The predicted molar refractivity (Wildman–Crippen MR) is 86.1 cm³/mol. The van der Waals surface area contributed by atoms with Gasteiger partial charge in [-0.25, -0.2) is 4.98 Å². The van der Waals surface area contributed by atoms with E-state index in [4.69, 9.17) is 0 Å². The lowest BCUT2D eigenvalue weighted by molar-refractivity contribution is -0.384. The van der Waals surface area contributed by atoms with Gasteiger partial charge in [-0.1, -0.05) is 18.7 Å². The topological polar surface area (TPSA) is 81.0 Å². The van der Waals surface area contributed by atoms with Crippen molar-refractivity contribution in [1.29, 1.82) is 0 Å². The maximum Gasteiger partial charge on any atom is 0.269 e. The van der Waals surface area contributed by atoms with Gasteiger partial charge in [0.05, 0.1) is 4.92 Å². The molecule has 112 valence electrons. The van der Waals surface area contributed by atoms with Gasteiger partial charge in [-0.05, 0) is 30.1 Å². The van der Waals surface area contributed by atoms with Gasteiger partial charge < -0.3 is 5.32 Å². The Kier molecular flexibility index (Phi) is 5.51. The number of nitro benzene ring substituents is 1. The molecule has 0 aliphatic rings. The van der Waals surface area contributed by atoms with Crippen LogP contribution < -0.4 is 5.32 Å². The Labute approximate surface area is 131 Å². The zero-order valence-corrected chi connectivity index (χ0v) is 13.5. The highest BCUT2D eigenvalue weighted by molar-refractivity contribution is 8.00. The largest absolute Gasteiger partial charge is 0.385 e. The summed E-state index contributed by atoms with van der Waals surface area (Å²) in [7, 11) is 0. The first kappa shape index (κ1) is 15.7. The Morgan fingerprint density at radius 3 is 2.86 bits per heavy atom. The van der Waals surface area contributed by atoms with Gasteiger partial charge in [-0.15, -0.1) is 0 Å². The van der Waals surface area contributed by atoms with E-state index in [9.17, 15) is 10.1 Å². The number of nitrogens with zero attached hydrogens (tertiary/aromatic N) is 3. The summed E-state index contributed by atoms with van der Waals surface area (Å²) in [4.78, 5) is 14.9. The van der Waals surface area contributed by atoms with Gasteiger partial charge >= 0.3 is 0 Å². The fraction of sp³-hybridized carbons (Fsp3) is 0.385. The van der Waals surface area contributed by atoms with Gasteiger partial charge in [0.15, 0.2) is 4.34 Å². The molecule has 6 nitrogen and oxygen atoms in total. The normalized spacial score (nSPS) is 10.6. The predicted octanol–water partition coefficient (Wildman–Crippen LogP) is 3.73. The molecule has 0 atom stereocenters. The maximum absolute atomic E-state index is 10.9. The van der Waals surface area contributed by atoms with E-state index in [2.05, 4.69) is 14.7 Å². The zero-order chi connectivity index (χ0) is 15.2. The molecule has 0 bridgehead atoms. The fourth-order valence-corrected chi connectivity index (χ4v) is 3.44. The standard InChI is InChI=1S/C13H16N4O2S2/c1-3-12-15-13(21-16-12)20-8-9-7-10(17(18)19)5-6-11(9)14-4-2/h5-7,14H,3-4,8H2,1-2H3. The number of rotatable bonds is 7. The van der Waals surface area contributed by atoms with E-state index in [0.717, 1.165) is 34.4 Å². The van der Waals surface area contributed by atoms with Gasteiger partial charge in [-0.2, -0.15) is 4.37 Å². The molecule has 1 heterocycles. The lowest BCUT2D eigenvalue weighted by Crippen LogP contribution is -2.01. The lowest BCUT2D eigenvalue weighted by Gasteiger charge is -2.09. The van der Waals surface area contributed by atoms with Crippen LogP contribution >= 0.6 is 23.3 Å². The molecular formula is C13H16N4O2S2. The molecule has 0 amide bonds. The lowest BCUT2D eigenvalue weighted by atomic mass is 10.2. The molecule has 0 saturated carbocycles. The summed E-state index contributed by atoms with van der Waals surface area (Å²) in [5.74, 6) is 1.47. The van der Waals surface area contributed by atoms with Crippen LogP contribution in [0.1, 0.15) is 25.2 Å². The quantitative estimate of drug-likeness (QED) is 0.475. The van der Waals surface area contributed by atoms with Crippen molar-refractivity contribution >= 4 is 34.7 Å². The monoisotopic (exact) mass is 324 g/mol. The second-order valence-electron chi connectivity index (χ2n) is 4.25. The number of thioether (sulfide) groups is 1. The van der Waals surface area contributed by atoms with Crippen molar-refractivity contribution in [2.45, 2.75) is 30.4 Å². The van der Waals surface area contributed by atoms with Crippen LogP contribution in [0, 0.1) is 10.1 Å². The van der Waals surface area contributed by atoms with E-state index >= 15 is 0 Å². The molecule has 0 unspecified atom stereocenters. The number of hydrogen-bond acceptors (Lipinski definition) is 7. The first-order valence-corrected chi connectivity index (χ1v) is 8.36. The molecule has 0 saturated heterocycles. The van der Waals surface area contributed by atoms with Crippen molar-refractivity contribution in [2.24, 2.45) is 0 Å². The third-order valence-electron chi connectivity index (χ3n) is 2.78. The molecule has 2 aromatic rings. The maximum atomic E-state index is 10.9.